The molecule has 0 spiro atoms. The van der Waals surface area contributed by atoms with Crippen molar-refractivity contribution >= 4 is 33.2 Å². The Labute approximate surface area is 268 Å². The second-order valence-electron chi connectivity index (χ2n) is 11.5. The van der Waals surface area contributed by atoms with Crippen molar-refractivity contribution in [2.24, 2.45) is 0 Å². The summed E-state index contributed by atoms with van der Waals surface area (Å²) < 4.78 is 17.5. The number of likely N-dealkylation sites (tertiary alicyclic amines) is 1. The number of hydrogen-bond donors (Lipinski definition) is 5. The number of carboxylic acid groups (broad SMARTS) is 1. The Hall–Kier alpha value is -4.04. The van der Waals surface area contributed by atoms with Crippen molar-refractivity contribution in [3.05, 3.63) is 77.9 Å². The fraction of sp³-hybridized carbons (Fsp3) is 0.353. The van der Waals surface area contributed by atoms with E-state index in [2.05, 4.69) is 4.90 Å². The lowest BCUT2D eigenvalue weighted by Gasteiger charge is -2.38. The van der Waals surface area contributed by atoms with Crippen LogP contribution in [0, 0.1) is 0 Å². The van der Waals surface area contributed by atoms with Gasteiger partial charge in [-0.2, -0.15) is 0 Å². The summed E-state index contributed by atoms with van der Waals surface area (Å²) >= 11 is 1.35. The molecule has 242 valence electrons. The molecule has 2 saturated heterocycles. The molecule has 0 aliphatic carbocycles. The third-order valence-corrected chi connectivity index (χ3v) is 9.53. The molecule has 6 rings (SSSR count). The van der Waals surface area contributed by atoms with Crippen LogP contribution in [0.4, 0.5) is 0 Å². The lowest BCUT2D eigenvalue weighted by Crippen LogP contribution is -2.61. The van der Waals surface area contributed by atoms with Crippen LogP contribution in [0.5, 0.6) is 17.2 Å². The Morgan fingerprint density at radius 3 is 2.26 bits per heavy atom. The molecule has 1 aromatic heterocycles. The number of aliphatic hydroxyl groups excluding tert-OH is 3. The van der Waals surface area contributed by atoms with E-state index in [4.69, 9.17) is 14.2 Å². The lowest BCUT2D eigenvalue weighted by molar-refractivity contribution is -0.271. The van der Waals surface area contributed by atoms with Gasteiger partial charge in [0.2, 0.25) is 6.29 Å². The molecular weight excluding hydrogens is 614 g/mol. The van der Waals surface area contributed by atoms with Crippen molar-refractivity contribution in [1.82, 2.24) is 4.90 Å². The number of aromatic hydroxyl groups is 1. The first kappa shape index (κ1) is 31.9. The van der Waals surface area contributed by atoms with E-state index in [1.54, 1.807) is 60.7 Å². The molecule has 11 nitrogen and oxygen atoms in total. The van der Waals surface area contributed by atoms with E-state index in [-0.39, 0.29) is 17.3 Å². The number of aliphatic carboxylic acids is 1. The molecule has 2 fully saturated rings. The fourth-order valence-electron chi connectivity index (χ4n) is 5.80. The number of ether oxygens (including phenoxy) is 3. The molecule has 3 aromatic carbocycles. The standard InChI is InChI=1S/C34H35NO10S/c36-21-8-13-24-25(18-21)46-32(20-6-11-23(12-7-20)44-34-30(40)28(38)29(39)31(45-34)33(41)42)26(24)27(37)19-4-9-22(10-5-19)43-17-16-35-14-2-1-3-15-35/h4-13,18,28-31,34,36,38-40H,1-3,14-17H2,(H,41,42)/t28-,29+,30?,31?,34-/m1/s1. The molecule has 0 saturated carbocycles. The second kappa shape index (κ2) is 13.8. The van der Waals surface area contributed by atoms with Crippen molar-refractivity contribution in [2.75, 3.05) is 26.2 Å². The monoisotopic (exact) mass is 649 g/mol. The van der Waals surface area contributed by atoms with E-state index >= 15 is 0 Å². The number of phenols is 1. The zero-order chi connectivity index (χ0) is 32.4. The van der Waals surface area contributed by atoms with Gasteiger partial charge in [-0.05, 0) is 98.2 Å². The van der Waals surface area contributed by atoms with Gasteiger partial charge in [0.15, 0.2) is 11.9 Å². The summed E-state index contributed by atoms with van der Waals surface area (Å²) in [7, 11) is 0. The minimum absolute atomic E-state index is 0.0760. The molecule has 5 N–H and O–H groups in total. The Morgan fingerprint density at radius 1 is 0.870 bits per heavy atom. The normalized spacial score (nSPS) is 23.7. The van der Waals surface area contributed by atoms with Crippen LogP contribution in [0.2, 0.25) is 0 Å². The van der Waals surface area contributed by atoms with Crippen LogP contribution in [0.25, 0.3) is 20.5 Å². The van der Waals surface area contributed by atoms with E-state index in [1.165, 1.54) is 36.7 Å². The molecule has 2 unspecified atom stereocenters. The van der Waals surface area contributed by atoms with Crippen LogP contribution in [0.1, 0.15) is 35.2 Å². The van der Waals surface area contributed by atoms with Gasteiger partial charge in [-0.3, -0.25) is 9.69 Å². The number of carboxylic acids is 1. The maximum Gasteiger partial charge on any atom is 0.335 e. The highest BCUT2D eigenvalue weighted by molar-refractivity contribution is 7.22. The highest BCUT2D eigenvalue weighted by Gasteiger charge is 2.48. The number of carbonyl (C=O) groups is 2. The number of benzene rings is 3. The van der Waals surface area contributed by atoms with Gasteiger partial charge >= 0.3 is 5.97 Å². The molecule has 2 aliphatic heterocycles. The Bertz CT molecular complexity index is 1680. The first-order valence-electron chi connectivity index (χ1n) is 15.1. The van der Waals surface area contributed by atoms with Gasteiger partial charge in [-0.15, -0.1) is 11.3 Å². The highest BCUT2D eigenvalue weighted by atomic mass is 32.1. The Kier molecular flexibility index (Phi) is 9.54. The number of phenolic OH excluding ortho intramolecular Hbond substituents is 1. The van der Waals surface area contributed by atoms with Crippen LogP contribution in [0.15, 0.2) is 66.7 Å². The van der Waals surface area contributed by atoms with E-state index in [0.717, 1.165) is 24.3 Å². The average Bonchev–Trinajstić information content (AvgIpc) is 3.44. The van der Waals surface area contributed by atoms with Crippen molar-refractivity contribution in [3.8, 4) is 27.7 Å². The van der Waals surface area contributed by atoms with E-state index < -0.39 is 36.7 Å². The highest BCUT2D eigenvalue weighted by Crippen LogP contribution is 2.42. The molecule has 12 heteroatoms. The van der Waals surface area contributed by atoms with E-state index in [9.17, 15) is 35.1 Å². The number of ketones is 1. The first-order chi connectivity index (χ1) is 22.2. The van der Waals surface area contributed by atoms with Gasteiger partial charge in [-0.1, -0.05) is 6.42 Å². The zero-order valence-electron chi connectivity index (χ0n) is 24.8. The van der Waals surface area contributed by atoms with Gasteiger partial charge in [0.25, 0.3) is 0 Å². The summed E-state index contributed by atoms with van der Waals surface area (Å²) in [6, 6.07) is 18.5. The van der Waals surface area contributed by atoms with Crippen LogP contribution in [0.3, 0.4) is 0 Å². The topological polar surface area (TPSA) is 166 Å². The van der Waals surface area contributed by atoms with Crippen molar-refractivity contribution in [3.63, 3.8) is 0 Å². The summed E-state index contributed by atoms with van der Waals surface area (Å²) in [5.74, 6) is -0.744. The summed E-state index contributed by atoms with van der Waals surface area (Å²) in [5.41, 5.74) is 1.63. The summed E-state index contributed by atoms with van der Waals surface area (Å²) in [6.45, 7) is 3.64. The number of hydrogen-bond acceptors (Lipinski definition) is 11. The maximum absolute atomic E-state index is 14.0. The van der Waals surface area contributed by atoms with Gasteiger partial charge < -0.3 is 39.7 Å². The second-order valence-corrected chi connectivity index (χ2v) is 12.5. The molecule has 3 heterocycles. The summed E-state index contributed by atoms with van der Waals surface area (Å²) in [4.78, 5) is 28.5. The maximum atomic E-state index is 14.0. The quantitative estimate of drug-likeness (QED) is 0.159. The third kappa shape index (κ3) is 6.73. The van der Waals surface area contributed by atoms with Crippen molar-refractivity contribution in [2.45, 2.75) is 50.0 Å². The molecule has 5 atom stereocenters. The van der Waals surface area contributed by atoms with Crippen molar-refractivity contribution < 1.29 is 49.3 Å². The van der Waals surface area contributed by atoms with Crippen LogP contribution in [-0.4, -0.2) is 99.1 Å². The van der Waals surface area contributed by atoms with E-state index in [1.807, 2.05) is 0 Å². The SMILES string of the molecule is O=C(c1ccc(OCCN2CCCCC2)cc1)c1c(-c2ccc(O[C@@H]3OC(C(=O)O)[C@@H](O)[C@@H](O)C3O)cc2)sc2cc(O)ccc12. The van der Waals surface area contributed by atoms with E-state index in [0.29, 0.717) is 39.3 Å². The molecule has 0 radical (unpaired) electrons. The predicted molar refractivity (Wildman–Crippen MR) is 170 cm³/mol. The predicted octanol–water partition coefficient (Wildman–Crippen LogP) is 3.64. The van der Waals surface area contributed by atoms with Crippen LogP contribution < -0.4 is 9.47 Å². The smallest absolute Gasteiger partial charge is 0.335 e. The molecule has 0 bridgehead atoms. The fourth-order valence-corrected chi connectivity index (χ4v) is 7.04. The van der Waals surface area contributed by atoms with Crippen LogP contribution in [-0.2, 0) is 9.53 Å². The number of thiophene rings is 1. The number of fused-ring (bicyclic) bond motifs is 1. The number of nitrogens with zero attached hydrogens (tertiary/aromatic N) is 1. The largest absolute Gasteiger partial charge is 0.508 e. The number of carbonyl (C=O) groups excluding carboxylic acids is 1. The minimum atomic E-state index is -1.83. The minimum Gasteiger partial charge on any atom is -0.508 e. The Balaban J connectivity index is 1.21. The lowest BCUT2D eigenvalue weighted by atomic mass is 9.97. The molecule has 0 amide bonds. The first-order valence-corrected chi connectivity index (χ1v) is 16.0. The number of aliphatic hydroxyl groups is 3. The molecule has 46 heavy (non-hydrogen) atoms. The number of piperidine rings is 1. The molecule has 2 aliphatic rings. The molecular formula is C34H35NO10S. The number of rotatable bonds is 10. The molecule has 4 aromatic rings. The third-order valence-electron chi connectivity index (χ3n) is 8.32. The average molecular weight is 650 g/mol. The van der Waals surface area contributed by atoms with Crippen molar-refractivity contribution in [1.29, 1.82) is 0 Å². The summed E-state index contributed by atoms with van der Waals surface area (Å²) in [6.07, 6.45) is -4.93. The summed E-state index contributed by atoms with van der Waals surface area (Å²) in [5, 5.41) is 50.4. The van der Waals surface area contributed by atoms with Gasteiger partial charge in [0, 0.05) is 32.6 Å². The van der Waals surface area contributed by atoms with Crippen LogP contribution >= 0.6 is 11.3 Å². The van der Waals surface area contributed by atoms with Gasteiger partial charge in [-0.25, -0.2) is 4.79 Å². The van der Waals surface area contributed by atoms with Gasteiger partial charge in [0.05, 0.1) is 0 Å². The van der Waals surface area contributed by atoms with Gasteiger partial charge in [0.1, 0.15) is 42.2 Å². The zero-order valence-corrected chi connectivity index (χ0v) is 25.6. The Morgan fingerprint density at radius 2 is 1.57 bits per heavy atom.